The molecule has 2 aromatic rings. The van der Waals surface area contributed by atoms with Gasteiger partial charge in [-0.3, -0.25) is 19.3 Å². The van der Waals surface area contributed by atoms with Crippen molar-refractivity contribution in [3.63, 3.8) is 0 Å². The summed E-state index contributed by atoms with van der Waals surface area (Å²) in [7, 11) is 0. The van der Waals surface area contributed by atoms with E-state index < -0.39 is 18.5 Å². The molecule has 0 bridgehead atoms. The van der Waals surface area contributed by atoms with Gasteiger partial charge in [-0.15, -0.1) is 0 Å². The van der Waals surface area contributed by atoms with Crippen molar-refractivity contribution >= 4 is 35.1 Å². The number of carbonyl (C=O) groups is 3. The van der Waals surface area contributed by atoms with Crippen molar-refractivity contribution in [1.29, 1.82) is 0 Å². The first-order valence-electron chi connectivity index (χ1n) is 8.72. The summed E-state index contributed by atoms with van der Waals surface area (Å²) in [6, 6.07) is 14.0. The van der Waals surface area contributed by atoms with Crippen molar-refractivity contribution in [1.82, 2.24) is 5.32 Å². The molecule has 0 aromatic heterocycles. The third kappa shape index (κ3) is 5.23. The second-order valence-electron chi connectivity index (χ2n) is 6.11. The molecule has 1 heterocycles. The Balaban J connectivity index is 1.51. The number of rotatable bonds is 6. The highest BCUT2D eigenvalue weighted by atomic mass is 35.5. The summed E-state index contributed by atoms with van der Waals surface area (Å²) in [5.74, 6) is -0.838. The zero-order valence-corrected chi connectivity index (χ0v) is 15.8. The van der Waals surface area contributed by atoms with Gasteiger partial charge in [0.1, 0.15) is 12.3 Å². The molecular formula is C20H19ClN2O5. The molecular weight excluding hydrogens is 384 g/mol. The van der Waals surface area contributed by atoms with E-state index in [1.165, 1.54) is 4.90 Å². The number of hydrogen-bond donors (Lipinski definition) is 1. The molecule has 0 unspecified atom stereocenters. The van der Waals surface area contributed by atoms with E-state index >= 15 is 0 Å². The molecule has 1 aliphatic rings. The van der Waals surface area contributed by atoms with Crippen molar-refractivity contribution in [2.45, 2.75) is 13.0 Å². The van der Waals surface area contributed by atoms with Gasteiger partial charge in [0.05, 0.1) is 18.7 Å². The maximum Gasteiger partial charge on any atom is 0.326 e. The monoisotopic (exact) mass is 402 g/mol. The van der Waals surface area contributed by atoms with Gasteiger partial charge in [-0.25, -0.2) is 0 Å². The Morgan fingerprint density at radius 3 is 2.82 bits per heavy atom. The number of carbonyl (C=O) groups excluding carboxylic acids is 3. The molecule has 2 amide bonds. The van der Waals surface area contributed by atoms with Crippen LogP contribution in [0.4, 0.5) is 5.69 Å². The van der Waals surface area contributed by atoms with Gasteiger partial charge in [0.15, 0.2) is 6.61 Å². The number of hydrogen-bond acceptors (Lipinski definition) is 5. The minimum Gasteiger partial charge on any atom is -0.491 e. The molecule has 146 valence electrons. The van der Waals surface area contributed by atoms with Crippen LogP contribution in [0.2, 0.25) is 5.02 Å². The first-order valence-corrected chi connectivity index (χ1v) is 9.09. The summed E-state index contributed by atoms with van der Waals surface area (Å²) in [6.45, 7) is -0.208. The Morgan fingerprint density at radius 2 is 2.00 bits per heavy atom. The second kappa shape index (κ2) is 9.23. The lowest BCUT2D eigenvalue weighted by Gasteiger charge is -2.20. The summed E-state index contributed by atoms with van der Waals surface area (Å²) >= 11 is 5.89. The first-order chi connectivity index (χ1) is 13.5. The van der Waals surface area contributed by atoms with E-state index in [1.807, 2.05) is 6.07 Å². The standard InChI is InChI=1S/C20H19ClN2O5/c21-15-5-3-4-14(10-15)11-22-18(24)13-28-20(26)12-23-16-6-1-2-7-17(16)27-9-8-19(23)25/h1-7,10H,8-9,11-13H2,(H,22,24). The quantitative estimate of drug-likeness (QED) is 0.749. The number of anilines is 1. The number of esters is 1. The van der Waals surface area contributed by atoms with Crippen LogP contribution in [0.15, 0.2) is 48.5 Å². The van der Waals surface area contributed by atoms with Crippen molar-refractivity contribution in [2.75, 3.05) is 24.7 Å². The van der Waals surface area contributed by atoms with Crippen molar-refractivity contribution in [2.24, 2.45) is 0 Å². The van der Waals surface area contributed by atoms with Crippen molar-refractivity contribution < 1.29 is 23.9 Å². The molecule has 0 aliphatic carbocycles. The highest BCUT2D eigenvalue weighted by molar-refractivity contribution is 6.30. The van der Waals surface area contributed by atoms with Crippen LogP contribution in [-0.4, -0.2) is 37.5 Å². The van der Waals surface area contributed by atoms with Gasteiger partial charge in [-0.05, 0) is 29.8 Å². The fourth-order valence-electron chi connectivity index (χ4n) is 2.71. The van der Waals surface area contributed by atoms with E-state index in [0.29, 0.717) is 16.5 Å². The van der Waals surface area contributed by atoms with E-state index in [2.05, 4.69) is 5.32 Å². The third-order valence-corrected chi connectivity index (χ3v) is 4.30. The van der Waals surface area contributed by atoms with Crippen LogP contribution in [0.1, 0.15) is 12.0 Å². The van der Waals surface area contributed by atoms with Gasteiger partial charge in [0.2, 0.25) is 5.91 Å². The highest BCUT2D eigenvalue weighted by Crippen LogP contribution is 2.30. The number of nitrogens with one attached hydrogen (secondary N) is 1. The average Bonchev–Trinajstić information content (AvgIpc) is 2.84. The van der Waals surface area contributed by atoms with Gasteiger partial charge >= 0.3 is 5.97 Å². The molecule has 8 heteroatoms. The summed E-state index contributed by atoms with van der Waals surface area (Å²) in [5.41, 5.74) is 1.34. The predicted molar refractivity (Wildman–Crippen MR) is 103 cm³/mol. The van der Waals surface area contributed by atoms with Crippen LogP contribution < -0.4 is 15.0 Å². The molecule has 7 nitrogen and oxygen atoms in total. The van der Waals surface area contributed by atoms with Gasteiger partial charge in [0.25, 0.3) is 5.91 Å². The summed E-state index contributed by atoms with van der Waals surface area (Å²) in [4.78, 5) is 37.6. The topological polar surface area (TPSA) is 84.9 Å². The minimum absolute atomic E-state index is 0.155. The highest BCUT2D eigenvalue weighted by Gasteiger charge is 2.25. The zero-order valence-electron chi connectivity index (χ0n) is 15.0. The van der Waals surface area contributed by atoms with E-state index in [4.69, 9.17) is 21.1 Å². The normalized spacial score (nSPS) is 13.2. The van der Waals surface area contributed by atoms with E-state index in [9.17, 15) is 14.4 Å². The number of ether oxygens (including phenoxy) is 2. The van der Waals surface area contributed by atoms with Crippen molar-refractivity contribution in [3.8, 4) is 5.75 Å². The van der Waals surface area contributed by atoms with Crippen LogP contribution >= 0.6 is 11.6 Å². The summed E-state index contributed by atoms with van der Waals surface area (Å²) in [6.07, 6.45) is 0.155. The fourth-order valence-corrected chi connectivity index (χ4v) is 2.93. The lowest BCUT2D eigenvalue weighted by Crippen LogP contribution is -2.37. The maximum absolute atomic E-state index is 12.3. The Hall–Kier alpha value is -3.06. The van der Waals surface area contributed by atoms with Crippen LogP contribution in [0, 0.1) is 0 Å². The third-order valence-electron chi connectivity index (χ3n) is 4.06. The van der Waals surface area contributed by atoms with Crippen LogP contribution in [0.3, 0.4) is 0 Å². The predicted octanol–water partition coefficient (Wildman–Crippen LogP) is 2.32. The second-order valence-corrected chi connectivity index (χ2v) is 6.55. The maximum atomic E-state index is 12.3. The lowest BCUT2D eigenvalue weighted by molar-refractivity contribution is -0.147. The van der Waals surface area contributed by atoms with Gasteiger partial charge in [-0.2, -0.15) is 0 Å². The number of benzene rings is 2. The molecule has 0 saturated carbocycles. The molecule has 2 aromatic carbocycles. The molecule has 0 saturated heterocycles. The average molecular weight is 403 g/mol. The van der Waals surface area contributed by atoms with Crippen LogP contribution in [0.25, 0.3) is 0 Å². The minimum atomic E-state index is -0.678. The van der Waals surface area contributed by atoms with E-state index in [1.54, 1.807) is 42.5 Å². The Kier molecular flexibility index (Phi) is 6.49. The number of amides is 2. The smallest absolute Gasteiger partial charge is 0.326 e. The molecule has 1 N–H and O–H groups in total. The molecule has 0 radical (unpaired) electrons. The largest absolute Gasteiger partial charge is 0.491 e. The molecule has 28 heavy (non-hydrogen) atoms. The van der Waals surface area contributed by atoms with Crippen molar-refractivity contribution in [3.05, 3.63) is 59.1 Å². The van der Waals surface area contributed by atoms with Gasteiger partial charge in [0, 0.05) is 11.6 Å². The number of nitrogens with zero attached hydrogens (tertiary/aromatic N) is 1. The Labute approximate surface area is 167 Å². The SMILES string of the molecule is O=C(COC(=O)CN1C(=O)CCOc2ccccc21)NCc1cccc(Cl)c1. The molecule has 0 fully saturated rings. The van der Waals surface area contributed by atoms with Crippen LogP contribution in [-0.2, 0) is 25.7 Å². The lowest BCUT2D eigenvalue weighted by atomic mass is 10.2. The Bertz CT molecular complexity index is 886. The number of para-hydroxylation sites is 2. The van der Waals surface area contributed by atoms with E-state index in [-0.39, 0.29) is 32.0 Å². The molecule has 3 rings (SSSR count). The molecule has 0 spiro atoms. The number of halogens is 1. The van der Waals surface area contributed by atoms with Crippen LogP contribution in [0.5, 0.6) is 5.75 Å². The zero-order chi connectivity index (χ0) is 19.9. The number of fused-ring (bicyclic) bond motifs is 1. The first kappa shape index (κ1) is 19.7. The molecule has 1 aliphatic heterocycles. The van der Waals surface area contributed by atoms with E-state index in [0.717, 1.165) is 5.56 Å². The summed E-state index contributed by atoms with van der Waals surface area (Å²) in [5, 5.41) is 3.22. The fraction of sp³-hybridized carbons (Fsp3) is 0.250. The molecule has 0 atom stereocenters. The van der Waals surface area contributed by atoms with Gasteiger partial charge < -0.3 is 14.8 Å². The Morgan fingerprint density at radius 1 is 1.18 bits per heavy atom. The summed E-state index contributed by atoms with van der Waals surface area (Å²) < 4.78 is 10.5. The van der Waals surface area contributed by atoms with Gasteiger partial charge in [-0.1, -0.05) is 35.9 Å².